The van der Waals surface area contributed by atoms with Crippen molar-refractivity contribution in [1.29, 1.82) is 0 Å². The van der Waals surface area contributed by atoms with Crippen molar-refractivity contribution in [2.24, 2.45) is 12.5 Å². The van der Waals surface area contributed by atoms with Crippen molar-refractivity contribution in [3.63, 3.8) is 0 Å². The number of carbonyl (C=O) groups excluding carboxylic acids is 1. The number of aromatic nitrogens is 6. The van der Waals surface area contributed by atoms with Crippen molar-refractivity contribution in [3.8, 4) is 17.0 Å². The van der Waals surface area contributed by atoms with Crippen molar-refractivity contribution < 1.29 is 9.53 Å². The maximum absolute atomic E-state index is 11.6. The second-order valence-corrected chi connectivity index (χ2v) is 9.68. The molecule has 0 radical (unpaired) electrons. The topological polar surface area (TPSA) is 102 Å². The number of methoxy groups -OCH3 is 1. The molecule has 0 unspecified atom stereocenters. The maximum Gasteiger partial charge on any atom is 0.244 e. The van der Waals surface area contributed by atoms with Crippen LogP contribution in [0.25, 0.3) is 27.7 Å². The number of anilines is 1. The standard InChI is InChI=1S/C24H28N8O2/c1-15(33)31-13-24(14-31)9-6-17(7-10-24)25-23-26-22(34-3)21-18(8-11-32(21)28-23)16-4-5-19-20(12-16)30(2)29-27-19/h4-5,8,11-12,17H,6-7,9-10,13-14H2,1-3H3,(H,25,28). The van der Waals surface area contributed by atoms with E-state index in [0.717, 1.165) is 66.4 Å². The van der Waals surface area contributed by atoms with E-state index in [-0.39, 0.29) is 5.91 Å². The van der Waals surface area contributed by atoms with Gasteiger partial charge in [-0.1, -0.05) is 11.3 Å². The predicted molar refractivity (Wildman–Crippen MR) is 128 cm³/mol. The van der Waals surface area contributed by atoms with Crippen molar-refractivity contribution in [2.45, 2.75) is 38.6 Å². The summed E-state index contributed by atoms with van der Waals surface area (Å²) in [5.74, 6) is 1.28. The van der Waals surface area contributed by atoms with E-state index < -0.39 is 0 Å². The molecular weight excluding hydrogens is 432 g/mol. The van der Waals surface area contributed by atoms with Gasteiger partial charge in [0.2, 0.25) is 17.7 Å². The Labute approximate surface area is 196 Å². The number of carbonyl (C=O) groups is 1. The largest absolute Gasteiger partial charge is 0.479 e. The first-order chi connectivity index (χ1) is 16.4. The van der Waals surface area contributed by atoms with Gasteiger partial charge in [0.05, 0.1) is 12.6 Å². The fourth-order valence-corrected chi connectivity index (χ4v) is 5.49. The first-order valence-electron chi connectivity index (χ1n) is 11.7. The Bertz CT molecular complexity index is 1390. The Morgan fingerprint density at radius 1 is 1.21 bits per heavy atom. The number of ether oxygens (including phenoxy) is 1. The molecule has 0 bridgehead atoms. The van der Waals surface area contributed by atoms with E-state index in [0.29, 0.717) is 23.3 Å². The van der Waals surface area contributed by atoms with Gasteiger partial charge < -0.3 is 15.0 Å². The third kappa shape index (κ3) is 3.36. The summed E-state index contributed by atoms with van der Waals surface area (Å²) in [7, 11) is 3.52. The SMILES string of the molecule is COc1nc(NC2CCC3(CC2)CN(C(C)=O)C3)nn2ccc(-c3ccc4nnn(C)c4c3)c12. The lowest BCUT2D eigenvalue weighted by Gasteiger charge is -2.53. The molecule has 1 aromatic carbocycles. The zero-order chi connectivity index (χ0) is 23.4. The molecule has 1 saturated carbocycles. The zero-order valence-electron chi connectivity index (χ0n) is 19.7. The number of benzene rings is 1. The van der Waals surface area contributed by atoms with E-state index in [9.17, 15) is 4.79 Å². The van der Waals surface area contributed by atoms with Crippen LogP contribution in [-0.4, -0.2) is 66.6 Å². The van der Waals surface area contributed by atoms with Crippen molar-refractivity contribution in [2.75, 3.05) is 25.5 Å². The smallest absolute Gasteiger partial charge is 0.244 e. The second-order valence-electron chi connectivity index (χ2n) is 9.68. The van der Waals surface area contributed by atoms with Gasteiger partial charge in [-0.25, -0.2) is 9.20 Å². The van der Waals surface area contributed by atoms with Gasteiger partial charge in [0.25, 0.3) is 0 Å². The molecule has 10 heteroatoms. The van der Waals surface area contributed by atoms with Gasteiger partial charge in [-0.15, -0.1) is 10.2 Å². The van der Waals surface area contributed by atoms with Gasteiger partial charge >= 0.3 is 0 Å². The Kier molecular flexibility index (Phi) is 4.72. The molecule has 2 fully saturated rings. The van der Waals surface area contributed by atoms with Gasteiger partial charge in [-0.05, 0) is 49.4 Å². The molecule has 176 valence electrons. The highest BCUT2D eigenvalue weighted by Crippen LogP contribution is 2.44. The van der Waals surface area contributed by atoms with Gasteiger partial charge in [0, 0.05) is 50.3 Å². The number of likely N-dealkylation sites (tertiary alicyclic amines) is 1. The number of rotatable bonds is 4. The molecule has 2 aliphatic rings. The van der Waals surface area contributed by atoms with Gasteiger partial charge in [-0.2, -0.15) is 4.98 Å². The average Bonchev–Trinajstić information content (AvgIpc) is 3.41. The summed E-state index contributed by atoms with van der Waals surface area (Å²) in [5, 5.41) is 16.5. The number of fused-ring (bicyclic) bond motifs is 2. The molecule has 1 aliphatic carbocycles. The van der Waals surface area contributed by atoms with E-state index in [1.165, 1.54) is 0 Å². The van der Waals surface area contributed by atoms with Crippen molar-refractivity contribution >= 4 is 28.4 Å². The summed E-state index contributed by atoms with van der Waals surface area (Å²) < 4.78 is 9.28. The molecule has 4 aromatic rings. The minimum atomic E-state index is 0.183. The van der Waals surface area contributed by atoms with Crippen molar-refractivity contribution in [3.05, 3.63) is 30.5 Å². The number of hydrogen-bond acceptors (Lipinski definition) is 7. The van der Waals surface area contributed by atoms with Crippen LogP contribution in [0.5, 0.6) is 5.88 Å². The lowest BCUT2D eigenvalue weighted by Crippen LogP contribution is -2.59. The molecule has 1 spiro atoms. The summed E-state index contributed by atoms with van der Waals surface area (Å²) in [6.45, 7) is 3.46. The number of nitrogens with one attached hydrogen (secondary N) is 1. The highest BCUT2D eigenvalue weighted by Gasteiger charge is 2.46. The van der Waals surface area contributed by atoms with Crippen LogP contribution in [0.1, 0.15) is 32.6 Å². The fourth-order valence-electron chi connectivity index (χ4n) is 5.49. The van der Waals surface area contributed by atoms with Crippen LogP contribution in [0.15, 0.2) is 30.5 Å². The Balaban J connectivity index is 1.23. The van der Waals surface area contributed by atoms with E-state index in [4.69, 9.17) is 14.8 Å². The van der Waals surface area contributed by atoms with Crippen LogP contribution < -0.4 is 10.1 Å². The summed E-state index contributed by atoms with van der Waals surface area (Å²) in [5.41, 5.74) is 4.97. The quantitative estimate of drug-likeness (QED) is 0.500. The van der Waals surface area contributed by atoms with Gasteiger partial charge in [-0.3, -0.25) is 4.79 Å². The number of nitrogens with zero attached hydrogens (tertiary/aromatic N) is 7. The van der Waals surface area contributed by atoms with Gasteiger partial charge in [0.1, 0.15) is 11.0 Å². The van der Waals surface area contributed by atoms with Gasteiger partial charge in [0.15, 0.2) is 0 Å². The Hall–Kier alpha value is -3.69. The fraction of sp³-hybridized carbons (Fsp3) is 0.458. The molecule has 10 nitrogen and oxygen atoms in total. The van der Waals surface area contributed by atoms with Crippen LogP contribution in [0.4, 0.5) is 5.95 Å². The molecule has 34 heavy (non-hydrogen) atoms. The number of aryl methyl sites for hydroxylation is 1. The summed E-state index contributed by atoms with van der Waals surface area (Å²) in [6, 6.07) is 8.42. The van der Waals surface area contributed by atoms with Crippen LogP contribution in [-0.2, 0) is 11.8 Å². The molecule has 3 aromatic heterocycles. The van der Waals surface area contributed by atoms with E-state index >= 15 is 0 Å². The molecule has 1 amide bonds. The zero-order valence-corrected chi connectivity index (χ0v) is 19.7. The van der Waals surface area contributed by atoms with Crippen LogP contribution in [0.2, 0.25) is 0 Å². The molecule has 6 rings (SSSR count). The molecule has 1 saturated heterocycles. The number of hydrogen-bond donors (Lipinski definition) is 1. The van der Waals surface area contributed by atoms with Crippen LogP contribution in [0.3, 0.4) is 0 Å². The van der Waals surface area contributed by atoms with E-state index in [1.54, 1.807) is 18.7 Å². The van der Waals surface area contributed by atoms with E-state index in [1.807, 2.05) is 40.9 Å². The normalized spacial score (nSPS) is 17.9. The lowest BCUT2D eigenvalue weighted by atomic mass is 9.67. The molecular formula is C24H28N8O2. The highest BCUT2D eigenvalue weighted by molar-refractivity contribution is 5.89. The predicted octanol–water partition coefficient (Wildman–Crippen LogP) is 2.89. The lowest BCUT2D eigenvalue weighted by molar-refractivity contribution is -0.143. The number of amides is 1. The second kappa shape index (κ2) is 7.68. The maximum atomic E-state index is 11.6. The van der Waals surface area contributed by atoms with E-state index in [2.05, 4.69) is 21.7 Å². The summed E-state index contributed by atoms with van der Waals surface area (Å²) in [6.07, 6.45) is 6.27. The molecule has 0 atom stereocenters. The van der Waals surface area contributed by atoms with Crippen LogP contribution >= 0.6 is 0 Å². The Morgan fingerprint density at radius 3 is 2.74 bits per heavy atom. The average molecular weight is 461 g/mol. The summed E-state index contributed by atoms with van der Waals surface area (Å²) in [4.78, 5) is 18.2. The van der Waals surface area contributed by atoms with Crippen molar-refractivity contribution in [1.82, 2.24) is 34.5 Å². The third-order valence-corrected chi connectivity index (χ3v) is 7.47. The summed E-state index contributed by atoms with van der Waals surface area (Å²) >= 11 is 0. The van der Waals surface area contributed by atoms with Crippen LogP contribution in [0, 0.1) is 5.41 Å². The highest BCUT2D eigenvalue weighted by atomic mass is 16.5. The first kappa shape index (κ1) is 20.9. The third-order valence-electron chi connectivity index (χ3n) is 7.47. The first-order valence-corrected chi connectivity index (χ1v) is 11.7. The molecule has 1 N–H and O–H groups in total. The Morgan fingerprint density at radius 2 is 2.00 bits per heavy atom. The molecule has 1 aliphatic heterocycles. The molecule has 4 heterocycles. The monoisotopic (exact) mass is 460 g/mol. The minimum absolute atomic E-state index is 0.183. The minimum Gasteiger partial charge on any atom is -0.479 e.